The van der Waals surface area contributed by atoms with Gasteiger partial charge in [0, 0.05) is 30.1 Å². The summed E-state index contributed by atoms with van der Waals surface area (Å²) in [7, 11) is 1.71. The van der Waals surface area contributed by atoms with Crippen LogP contribution in [0.15, 0.2) is 65.9 Å². The summed E-state index contributed by atoms with van der Waals surface area (Å²) < 4.78 is 5.60. The molecule has 1 atom stereocenters. The van der Waals surface area contributed by atoms with E-state index in [1.807, 2.05) is 49.4 Å². The second-order valence-corrected chi connectivity index (χ2v) is 6.97. The van der Waals surface area contributed by atoms with Gasteiger partial charge in [-0.3, -0.25) is 4.79 Å². The Morgan fingerprint density at radius 1 is 1.15 bits per heavy atom. The lowest BCUT2D eigenvalue weighted by Crippen LogP contribution is -2.36. The number of esters is 1. The van der Waals surface area contributed by atoms with Crippen molar-refractivity contribution in [3.05, 3.63) is 82.0 Å². The van der Waals surface area contributed by atoms with E-state index in [0.717, 1.165) is 11.1 Å². The van der Waals surface area contributed by atoms with Crippen LogP contribution >= 0.6 is 11.6 Å². The summed E-state index contributed by atoms with van der Waals surface area (Å²) in [5.74, 6) is -0.717. The molecular weight excluding hydrogens is 362 g/mol. The number of rotatable bonds is 5. The number of halogens is 1. The van der Waals surface area contributed by atoms with Crippen molar-refractivity contribution in [2.45, 2.75) is 32.3 Å². The summed E-state index contributed by atoms with van der Waals surface area (Å²) in [6.45, 7) is 2.14. The molecule has 2 aromatic carbocycles. The highest BCUT2D eigenvalue weighted by molar-refractivity contribution is 6.30. The summed E-state index contributed by atoms with van der Waals surface area (Å²) >= 11 is 6.00. The number of carbonyl (C=O) groups excluding carboxylic acids is 2. The van der Waals surface area contributed by atoms with Crippen molar-refractivity contribution in [1.82, 2.24) is 4.90 Å². The van der Waals surface area contributed by atoms with Crippen molar-refractivity contribution < 1.29 is 14.3 Å². The molecule has 0 saturated carbocycles. The van der Waals surface area contributed by atoms with Crippen LogP contribution in [-0.2, 0) is 20.9 Å². The van der Waals surface area contributed by atoms with Gasteiger partial charge in [-0.2, -0.15) is 0 Å². The van der Waals surface area contributed by atoms with Crippen LogP contribution in [0.4, 0.5) is 0 Å². The number of ether oxygens (including phenoxy) is 1. The van der Waals surface area contributed by atoms with Gasteiger partial charge in [-0.25, -0.2) is 4.79 Å². The zero-order chi connectivity index (χ0) is 19.4. The summed E-state index contributed by atoms with van der Waals surface area (Å²) in [5.41, 5.74) is 3.08. The van der Waals surface area contributed by atoms with Crippen LogP contribution in [0.3, 0.4) is 0 Å². The Kier molecular flexibility index (Phi) is 5.97. The minimum absolute atomic E-state index is 0.00795. The molecule has 4 nitrogen and oxygen atoms in total. The van der Waals surface area contributed by atoms with Crippen molar-refractivity contribution in [2.24, 2.45) is 0 Å². The van der Waals surface area contributed by atoms with Crippen LogP contribution in [0.2, 0.25) is 5.02 Å². The molecule has 140 valence electrons. The first-order chi connectivity index (χ1) is 13.0. The maximum absolute atomic E-state index is 13.0. The standard InChI is InChI=1S/C22H22ClNO3/c1-3-19-21(22(26)27-14-15-7-5-4-6-8-15)18(13-20(25)24(19)2)16-9-11-17(23)12-10-16/h4-12,18H,3,13-14H2,1-2H3. The molecule has 27 heavy (non-hydrogen) atoms. The van der Waals surface area contributed by atoms with Crippen LogP contribution in [0.5, 0.6) is 0 Å². The molecule has 0 radical (unpaired) electrons. The number of hydrogen-bond donors (Lipinski definition) is 0. The minimum atomic E-state index is -0.380. The van der Waals surface area contributed by atoms with E-state index >= 15 is 0 Å². The summed E-state index contributed by atoms with van der Waals surface area (Å²) in [6, 6.07) is 16.8. The van der Waals surface area contributed by atoms with Crippen LogP contribution in [0.25, 0.3) is 0 Å². The maximum Gasteiger partial charge on any atom is 0.336 e. The number of hydrogen-bond acceptors (Lipinski definition) is 3. The minimum Gasteiger partial charge on any atom is -0.457 e. The topological polar surface area (TPSA) is 46.6 Å². The average Bonchev–Trinajstić information content (AvgIpc) is 2.69. The van der Waals surface area contributed by atoms with Crippen molar-refractivity contribution in [3.63, 3.8) is 0 Å². The second kappa shape index (κ2) is 8.40. The van der Waals surface area contributed by atoms with Gasteiger partial charge in [0.2, 0.25) is 5.91 Å². The van der Waals surface area contributed by atoms with Crippen LogP contribution in [0.1, 0.15) is 36.8 Å². The number of carbonyl (C=O) groups is 2. The van der Waals surface area contributed by atoms with E-state index < -0.39 is 0 Å². The number of amides is 1. The van der Waals surface area contributed by atoms with E-state index in [2.05, 4.69) is 0 Å². The van der Waals surface area contributed by atoms with Crippen LogP contribution in [0, 0.1) is 0 Å². The van der Waals surface area contributed by atoms with Gasteiger partial charge < -0.3 is 9.64 Å². The van der Waals surface area contributed by atoms with Gasteiger partial charge >= 0.3 is 5.97 Å². The smallest absolute Gasteiger partial charge is 0.336 e. The first-order valence-corrected chi connectivity index (χ1v) is 9.35. The highest BCUT2D eigenvalue weighted by Crippen LogP contribution is 2.38. The van der Waals surface area contributed by atoms with E-state index in [0.29, 0.717) is 22.7 Å². The fourth-order valence-corrected chi connectivity index (χ4v) is 3.54. The van der Waals surface area contributed by atoms with Crippen LogP contribution in [-0.4, -0.2) is 23.8 Å². The van der Waals surface area contributed by atoms with Gasteiger partial charge in [0.1, 0.15) is 6.61 Å². The molecule has 1 amide bonds. The molecule has 5 heteroatoms. The van der Waals surface area contributed by atoms with Gasteiger partial charge in [-0.1, -0.05) is 61.0 Å². The van der Waals surface area contributed by atoms with Crippen molar-refractivity contribution in [1.29, 1.82) is 0 Å². The maximum atomic E-state index is 13.0. The number of allylic oxidation sites excluding steroid dienone is 1. The molecule has 2 aromatic rings. The highest BCUT2D eigenvalue weighted by atomic mass is 35.5. The summed E-state index contributed by atoms with van der Waals surface area (Å²) in [4.78, 5) is 27.0. The van der Waals surface area contributed by atoms with E-state index in [1.54, 1.807) is 24.1 Å². The molecule has 0 saturated heterocycles. The highest BCUT2D eigenvalue weighted by Gasteiger charge is 2.36. The molecule has 0 aromatic heterocycles. The molecule has 0 N–H and O–H groups in total. The summed E-state index contributed by atoms with van der Waals surface area (Å²) in [6.07, 6.45) is 0.805. The van der Waals surface area contributed by atoms with E-state index in [-0.39, 0.29) is 30.8 Å². The molecular formula is C22H22ClNO3. The normalized spacial score (nSPS) is 17.2. The molecule has 0 bridgehead atoms. The third-order valence-electron chi connectivity index (χ3n) is 4.86. The third-order valence-corrected chi connectivity index (χ3v) is 5.11. The molecule has 1 aliphatic rings. The molecule has 0 fully saturated rings. The summed E-state index contributed by atoms with van der Waals surface area (Å²) in [5, 5.41) is 0.617. The van der Waals surface area contributed by atoms with Gasteiger partial charge in [0.05, 0.1) is 5.57 Å². The first-order valence-electron chi connectivity index (χ1n) is 8.97. The van der Waals surface area contributed by atoms with Gasteiger partial charge in [-0.15, -0.1) is 0 Å². The second-order valence-electron chi connectivity index (χ2n) is 6.54. The van der Waals surface area contributed by atoms with Gasteiger partial charge in [-0.05, 0) is 29.7 Å². The Morgan fingerprint density at radius 2 is 1.81 bits per heavy atom. The number of benzene rings is 2. The number of nitrogens with zero attached hydrogens (tertiary/aromatic N) is 1. The molecule has 1 aliphatic heterocycles. The third kappa shape index (κ3) is 4.22. The zero-order valence-corrected chi connectivity index (χ0v) is 16.2. The molecule has 3 rings (SSSR count). The van der Waals surface area contributed by atoms with Gasteiger partial charge in [0.15, 0.2) is 0 Å². The quantitative estimate of drug-likeness (QED) is 0.703. The Balaban J connectivity index is 1.94. The zero-order valence-electron chi connectivity index (χ0n) is 15.4. The fourth-order valence-electron chi connectivity index (χ4n) is 3.41. The Hall–Kier alpha value is -2.59. The van der Waals surface area contributed by atoms with Crippen molar-refractivity contribution in [2.75, 3.05) is 7.05 Å². The average molecular weight is 384 g/mol. The lowest BCUT2D eigenvalue weighted by Gasteiger charge is -2.33. The molecule has 0 spiro atoms. The Labute approximate surface area is 164 Å². The lowest BCUT2D eigenvalue weighted by molar-refractivity contribution is -0.141. The Morgan fingerprint density at radius 3 is 2.44 bits per heavy atom. The Bertz CT molecular complexity index is 859. The SMILES string of the molecule is CCC1=C(C(=O)OCc2ccccc2)C(c2ccc(Cl)cc2)CC(=O)N1C. The van der Waals surface area contributed by atoms with Crippen LogP contribution < -0.4 is 0 Å². The predicted octanol–water partition coefficient (Wildman–Crippen LogP) is 4.69. The largest absolute Gasteiger partial charge is 0.457 e. The first kappa shape index (κ1) is 19.2. The van der Waals surface area contributed by atoms with Crippen molar-refractivity contribution >= 4 is 23.5 Å². The monoisotopic (exact) mass is 383 g/mol. The molecule has 0 aliphatic carbocycles. The lowest BCUT2D eigenvalue weighted by atomic mass is 9.83. The van der Waals surface area contributed by atoms with E-state index in [1.165, 1.54) is 0 Å². The molecule has 1 heterocycles. The van der Waals surface area contributed by atoms with E-state index in [9.17, 15) is 9.59 Å². The van der Waals surface area contributed by atoms with Gasteiger partial charge in [0.25, 0.3) is 0 Å². The van der Waals surface area contributed by atoms with E-state index in [4.69, 9.17) is 16.3 Å². The fraction of sp³-hybridized carbons (Fsp3) is 0.273. The molecule has 1 unspecified atom stereocenters. The van der Waals surface area contributed by atoms with Crippen molar-refractivity contribution in [3.8, 4) is 0 Å². The predicted molar refractivity (Wildman–Crippen MR) is 105 cm³/mol.